The molecule has 6 heteroatoms. The van der Waals surface area contributed by atoms with Crippen molar-refractivity contribution in [3.8, 4) is 0 Å². The molecule has 0 atom stereocenters. The van der Waals surface area contributed by atoms with Gasteiger partial charge in [-0.1, -0.05) is 0 Å². The quantitative estimate of drug-likeness (QED) is 0.749. The molecule has 0 radical (unpaired) electrons. The van der Waals surface area contributed by atoms with E-state index in [1.165, 1.54) is 4.90 Å². The number of halogens is 4. The monoisotopic (exact) mass is 252 g/mol. The van der Waals surface area contributed by atoms with Gasteiger partial charge in [0.2, 0.25) is 0 Å². The molecule has 0 fully saturated rings. The van der Waals surface area contributed by atoms with Gasteiger partial charge in [-0.05, 0) is 17.7 Å². The Bertz CT molecular complexity index is 303. The molecule has 16 heavy (non-hydrogen) atoms. The lowest BCUT2D eigenvalue weighted by Crippen LogP contribution is -2.35. The molecule has 0 aromatic carbocycles. The summed E-state index contributed by atoms with van der Waals surface area (Å²) in [4.78, 5) is 5.07. The highest BCUT2D eigenvalue weighted by Crippen LogP contribution is 2.17. The molecule has 0 aliphatic heterocycles. The first-order valence-corrected chi connectivity index (χ1v) is 5.28. The zero-order chi connectivity index (χ0) is 12.0. The van der Waals surface area contributed by atoms with E-state index in [0.717, 1.165) is 5.56 Å². The van der Waals surface area contributed by atoms with Gasteiger partial charge in [-0.3, -0.25) is 9.88 Å². The molecule has 0 saturated heterocycles. The van der Waals surface area contributed by atoms with Crippen LogP contribution in [0.15, 0.2) is 24.5 Å². The lowest BCUT2D eigenvalue weighted by atomic mass is 10.2. The van der Waals surface area contributed by atoms with E-state index in [-0.39, 0.29) is 19.0 Å². The summed E-state index contributed by atoms with van der Waals surface area (Å²) in [5.74, 6) is 0.182. The molecule has 0 spiro atoms. The fraction of sp³-hybridized carbons (Fsp3) is 0.500. The SMILES string of the molecule is FC(F)(F)CN(CCCl)Cc1ccncc1. The van der Waals surface area contributed by atoms with E-state index in [1.807, 2.05) is 0 Å². The first-order valence-electron chi connectivity index (χ1n) is 4.75. The third-order valence-electron chi connectivity index (χ3n) is 1.96. The minimum Gasteiger partial charge on any atom is -0.290 e. The van der Waals surface area contributed by atoms with Gasteiger partial charge in [0, 0.05) is 31.4 Å². The Balaban J connectivity index is 2.58. The van der Waals surface area contributed by atoms with Crippen molar-refractivity contribution < 1.29 is 13.2 Å². The number of hydrogen-bond donors (Lipinski definition) is 0. The summed E-state index contributed by atoms with van der Waals surface area (Å²) in [6, 6.07) is 3.38. The Morgan fingerprint density at radius 1 is 1.25 bits per heavy atom. The first-order chi connectivity index (χ1) is 7.51. The second-order valence-corrected chi connectivity index (χ2v) is 3.75. The summed E-state index contributed by atoms with van der Waals surface area (Å²) in [6.45, 7) is -0.500. The summed E-state index contributed by atoms with van der Waals surface area (Å²) in [7, 11) is 0. The van der Waals surface area contributed by atoms with Crippen molar-refractivity contribution in [1.29, 1.82) is 0 Å². The Kier molecular flexibility index (Phi) is 5.02. The van der Waals surface area contributed by atoms with Gasteiger partial charge in [0.25, 0.3) is 0 Å². The molecule has 1 rings (SSSR count). The molecule has 1 aromatic rings. The smallest absolute Gasteiger partial charge is 0.290 e. The second-order valence-electron chi connectivity index (χ2n) is 3.37. The van der Waals surface area contributed by atoms with Crippen LogP contribution in [0.4, 0.5) is 13.2 Å². The second kappa shape index (κ2) is 6.06. The van der Waals surface area contributed by atoms with Gasteiger partial charge in [0.1, 0.15) is 0 Å². The highest BCUT2D eigenvalue weighted by atomic mass is 35.5. The highest BCUT2D eigenvalue weighted by Gasteiger charge is 2.30. The number of alkyl halides is 4. The highest BCUT2D eigenvalue weighted by molar-refractivity contribution is 6.18. The van der Waals surface area contributed by atoms with Crippen LogP contribution < -0.4 is 0 Å². The van der Waals surface area contributed by atoms with Gasteiger partial charge in [0.15, 0.2) is 0 Å². The molecule has 1 heterocycles. The van der Waals surface area contributed by atoms with Crippen LogP contribution in [0.2, 0.25) is 0 Å². The summed E-state index contributed by atoms with van der Waals surface area (Å²) >= 11 is 5.47. The molecule has 0 amide bonds. The van der Waals surface area contributed by atoms with Crippen LogP contribution in [0.1, 0.15) is 5.56 Å². The minimum absolute atomic E-state index is 0.182. The van der Waals surface area contributed by atoms with E-state index in [2.05, 4.69) is 4.98 Å². The average Bonchev–Trinajstić information content (AvgIpc) is 2.17. The number of pyridine rings is 1. The van der Waals surface area contributed by atoms with E-state index >= 15 is 0 Å². The average molecular weight is 253 g/mol. The number of hydrogen-bond acceptors (Lipinski definition) is 2. The Morgan fingerprint density at radius 3 is 2.38 bits per heavy atom. The number of aromatic nitrogens is 1. The van der Waals surface area contributed by atoms with Crippen molar-refractivity contribution in [2.45, 2.75) is 12.7 Å². The lowest BCUT2D eigenvalue weighted by molar-refractivity contribution is -0.146. The Morgan fingerprint density at radius 2 is 1.88 bits per heavy atom. The lowest BCUT2D eigenvalue weighted by Gasteiger charge is -2.22. The Labute approximate surface area is 97.0 Å². The summed E-state index contributed by atoms with van der Waals surface area (Å²) in [5.41, 5.74) is 0.796. The molecule has 2 nitrogen and oxygen atoms in total. The fourth-order valence-electron chi connectivity index (χ4n) is 1.33. The molecule has 90 valence electrons. The third-order valence-corrected chi connectivity index (χ3v) is 2.13. The van der Waals surface area contributed by atoms with Crippen molar-refractivity contribution in [2.24, 2.45) is 0 Å². The molecule has 0 saturated carbocycles. The first kappa shape index (κ1) is 13.3. The van der Waals surface area contributed by atoms with Crippen molar-refractivity contribution in [2.75, 3.05) is 19.0 Å². The van der Waals surface area contributed by atoms with Crippen molar-refractivity contribution >= 4 is 11.6 Å². The maximum atomic E-state index is 12.2. The van der Waals surface area contributed by atoms with Crippen LogP contribution >= 0.6 is 11.6 Å². The largest absolute Gasteiger partial charge is 0.401 e. The van der Waals surface area contributed by atoms with Crippen molar-refractivity contribution in [3.63, 3.8) is 0 Å². The van der Waals surface area contributed by atoms with Gasteiger partial charge in [-0.15, -0.1) is 11.6 Å². The van der Waals surface area contributed by atoms with E-state index in [4.69, 9.17) is 11.6 Å². The van der Waals surface area contributed by atoms with E-state index in [9.17, 15) is 13.2 Å². The number of nitrogens with zero attached hydrogens (tertiary/aromatic N) is 2. The summed E-state index contributed by atoms with van der Waals surface area (Å²) in [6.07, 6.45) is -1.08. The molecule has 0 aliphatic rings. The predicted octanol–water partition coefficient (Wildman–Crippen LogP) is 2.68. The van der Waals surface area contributed by atoms with Crippen LogP contribution in [-0.4, -0.2) is 35.0 Å². The van der Waals surface area contributed by atoms with Crippen molar-refractivity contribution in [3.05, 3.63) is 30.1 Å². The van der Waals surface area contributed by atoms with Crippen LogP contribution in [0.25, 0.3) is 0 Å². The predicted molar refractivity (Wildman–Crippen MR) is 56.3 cm³/mol. The number of rotatable bonds is 5. The topological polar surface area (TPSA) is 16.1 Å². The maximum Gasteiger partial charge on any atom is 0.401 e. The van der Waals surface area contributed by atoms with Gasteiger partial charge >= 0.3 is 6.18 Å². The fourth-order valence-corrected chi connectivity index (χ4v) is 1.57. The van der Waals surface area contributed by atoms with E-state index in [1.54, 1.807) is 24.5 Å². The normalized spacial score (nSPS) is 12.1. The molecule has 0 N–H and O–H groups in total. The molecular formula is C10H12ClF3N2. The molecular weight excluding hydrogens is 241 g/mol. The van der Waals surface area contributed by atoms with Crippen LogP contribution in [0, 0.1) is 0 Å². The van der Waals surface area contributed by atoms with E-state index in [0.29, 0.717) is 0 Å². The van der Waals surface area contributed by atoms with Crippen LogP contribution in [-0.2, 0) is 6.54 Å². The Hall–Kier alpha value is -0.810. The van der Waals surface area contributed by atoms with Gasteiger partial charge < -0.3 is 0 Å². The summed E-state index contributed by atoms with van der Waals surface area (Å²) in [5, 5.41) is 0. The zero-order valence-corrected chi connectivity index (χ0v) is 9.30. The summed E-state index contributed by atoms with van der Waals surface area (Å²) < 4.78 is 36.7. The van der Waals surface area contributed by atoms with E-state index < -0.39 is 12.7 Å². The van der Waals surface area contributed by atoms with Gasteiger partial charge in [-0.2, -0.15) is 13.2 Å². The van der Waals surface area contributed by atoms with Crippen LogP contribution in [0.5, 0.6) is 0 Å². The molecule has 1 aromatic heterocycles. The third kappa shape index (κ3) is 5.32. The van der Waals surface area contributed by atoms with Crippen molar-refractivity contribution in [1.82, 2.24) is 9.88 Å². The standard InChI is InChI=1S/C10H12ClF3N2/c11-3-6-16(8-10(12,13)14)7-9-1-4-15-5-2-9/h1-2,4-5H,3,6-8H2. The molecule has 0 aliphatic carbocycles. The maximum absolute atomic E-state index is 12.2. The zero-order valence-electron chi connectivity index (χ0n) is 8.54. The van der Waals surface area contributed by atoms with Crippen LogP contribution in [0.3, 0.4) is 0 Å². The molecule has 0 unspecified atom stereocenters. The minimum atomic E-state index is -4.20. The molecule has 0 bridgehead atoms. The van der Waals surface area contributed by atoms with Gasteiger partial charge in [0.05, 0.1) is 6.54 Å². The van der Waals surface area contributed by atoms with Gasteiger partial charge in [-0.25, -0.2) is 0 Å².